The zero-order valence-electron chi connectivity index (χ0n) is 13.3. The van der Waals surface area contributed by atoms with Crippen molar-refractivity contribution in [3.63, 3.8) is 0 Å². The van der Waals surface area contributed by atoms with Gasteiger partial charge in [-0.25, -0.2) is 13.2 Å². The number of rotatable bonds is 6. The summed E-state index contributed by atoms with van der Waals surface area (Å²) in [5, 5.41) is 10.9. The zero-order valence-corrected chi connectivity index (χ0v) is 14.1. The monoisotopic (exact) mass is 362 g/mol. The van der Waals surface area contributed by atoms with E-state index in [9.17, 15) is 36.3 Å². The second kappa shape index (κ2) is 7.37. The van der Waals surface area contributed by atoms with Crippen LogP contribution in [0.5, 0.6) is 0 Å². The van der Waals surface area contributed by atoms with Crippen LogP contribution in [0, 0.1) is 0 Å². The van der Waals surface area contributed by atoms with Gasteiger partial charge in [0.2, 0.25) is 5.91 Å². The average molecular weight is 362 g/mol. The summed E-state index contributed by atoms with van der Waals surface area (Å²) >= 11 is 0. The lowest BCUT2D eigenvalue weighted by Crippen LogP contribution is -2.57. The van der Waals surface area contributed by atoms with Gasteiger partial charge in [0.05, 0.1) is 5.75 Å². The standard InChI is InChI=1S/C12H21F3N2O5S/c1-11(2,3)17(10(19)20)8(5-6-23(4,21)22)9(18)16-7-12(13,14)15/h8H,5-7H2,1-4H3,(H,16,18)(H,19,20)/t8-/m1/s1. The number of halogens is 3. The first-order valence-electron chi connectivity index (χ1n) is 6.59. The van der Waals surface area contributed by atoms with Gasteiger partial charge in [0.15, 0.2) is 0 Å². The van der Waals surface area contributed by atoms with Crippen molar-refractivity contribution in [1.82, 2.24) is 10.2 Å². The topological polar surface area (TPSA) is 104 Å². The summed E-state index contributed by atoms with van der Waals surface area (Å²) in [4.78, 5) is 24.0. The Morgan fingerprint density at radius 2 is 1.70 bits per heavy atom. The molecule has 0 rings (SSSR count). The first-order chi connectivity index (χ1) is 10.0. The van der Waals surface area contributed by atoms with Crippen LogP contribution >= 0.6 is 0 Å². The maximum Gasteiger partial charge on any atom is 0.408 e. The van der Waals surface area contributed by atoms with Crippen molar-refractivity contribution in [3.05, 3.63) is 0 Å². The quantitative estimate of drug-likeness (QED) is 0.740. The molecule has 11 heteroatoms. The Kier molecular flexibility index (Phi) is 6.88. The van der Waals surface area contributed by atoms with Crippen LogP contribution in [-0.2, 0) is 14.6 Å². The van der Waals surface area contributed by atoms with Gasteiger partial charge in [0.25, 0.3) is 0 Å². The van der Waals surface area contributed by atoms with E-state index in [0.717, 1.165) is 6.26 Å². The fourth-order valence-corrected chi connectivity index (χ4v) is 2.55. The Bertz CT molecular complexity index is 540. The van der Waals surface area contributed by atoms with E-state index in [2.05, 4.69) is 0 Å². The molecule has 0 aromatic carbocycles. The molecular weight excluding hydrogens is 341 g/mol. The minimum absolute atomic E-state index is 0.438. The molecular formula is C12H21F3N2O5S. The number of carboxylic acid groups (broad SMARTS) is 1. The van der Waals surface area contributed by atoms with Crippen LogP contribution in [0.4, 0.5) is 18.0 Å². The SMILES string of the molecule is CC(C)(C)N(C(=O)O)[C@H](CCS(C)(=O)=O)C(=O)NCC(F)(F)F. The third-order valence-electron chi connectivity index (χ3n) is 2.77. The molecule has 0 saturated carbocycles. The van der Waals surface area contributed by atoms with E-state index >= 15 is 0 Å². The van der Waals surface area contributed by atoms with Gasteiger partial charge >= 0.3 is 12.3 Å². The normalized spacial score (nSPS) is 14.2. The molecule has 0 spiro atoms. The van der Waals surface area contributed by atoms with E-state index in [4.69, 9.17) is 0 Å². The lowest BCUT2D eigenvalue weighted by atomic mass is 10.0. The van der Waals surface area contributed by atoms with Gasteiger partial charge in [-0.05, 0) is 27.2 Å². The summed E-state index contributed by atoms with van der Waals surface area (Å²) in [6.07, 6.45) is -5.74. The molecule has 2 amide bonds. The molecule has 2 N–H and O–H groups in total. The molecule has 0 bridgehead atoms. The first-order valence-corrected chi connectivity index (χ1v) is 8.65. The highest BCUT2D eigenvalue weighted by Gasteiger charge is 2.39. The van der Waals surface area contributed by atoms with E-state index in [-0.39, 0.29) is 0 Å². The number of hydrogen-bond donors (Lipinski definition) is 2. The Morgan fingerprint density at radius 3 is 2.00 bits per heavy atom. The van der Waals surface area contributed by atoms with Crippen LogP contribution in [0.25, 0.3) is 0 Å². The molecule has 0 heterocycles. The van der Waals surface area contributed by atoms with Crippen molar-refractivity contribution in [3.8, 4) is 0 Å². The number of amides is 2. The summed E-state index contributed by atoms with van der Waals surface area (Å²) in [7, 11) is -3.52. The Hall–Kier alpha value is -1.52. The molecule has 0 aliphatic rings. The van der Waals surface area contributed by atoms with Crippen LogP contribution in [0.2, 0.25) is 0 Å². The van der Waals surface area contributed by atoms with Crippen molar-refractivity contribution in [2.75, 3.05) is 18.6 Å². The number of alkyl halides is 3. The highest BCUT2D eigenvalue weighted by Crippen LogP contribution is 2.21. The smallest absolute Gasteiger partial charge is 0.408 e. The van der Waals surface area contributed by atoms with Gasteiger partial charge in [-0.2, -0.15) is 13.2 Å². The molecule has 0 aromatic heterocycles. The average Bonchev–Trinajstić information content (AvgIpc) is 2.26. The van der Waals surface area contributed by atoms with Crippen LogP contribution < -0.4 is 5.32 Å². The van der Waals surface area contributed by atoms with Gasteiger partial charge in [0, 0.05) is 11.8 Å². The summed E-state index contributed by atoms with van der Waals surface area (Å²) in [5.41, 5.74) is -1.11. The summed E-state index contributed by atoms with van der Waals surface area (Å²) in [6, 6.07) is -1.55. The summed E-state index contributed by atoms with van der Waals surface area (Å²) in [6.45, 7) is 2.72. The van der Waals surface area contributed by atoms with Crippen LogP contribution in [0.1, 0.15) is 27.2 Å². The number of nitrogens with one attached hydrogen (secondary N) is 1. The number of nitrogens with zero attached hydrogens (tertiary/aromatic N) is 1. The Morgan fingerprint density at radius 1 is 1.22 bits per heavy atom. The first kappa shape index (κ1) is 21.5. The molecule has 136 valence electrons. The van der Waals surface area contributed by atoms with Gasteiger partial charge < -0.3 is 10.4 Å². The molecule has 7 nitrogen and oxygen atoms in total. The number of sulfone groups is 1. The molecule has 0 aromatic rings. The second-order valence-electron chi connectivity index (χ2n) is 6.09. The van der Waals surface area contributed by atoms with Gasteiger partial charge in [-0.1, -0.05) is 0 Å². The summed E-state index contributed by atoms with van der Waals surface area (Å²) < 4.78 is 59.1. The fourth-order valence-electron chi connectivity index (χ4n) is 1.90. The maximum absolute atomic E-state index is 12.2. The zero-order chi connectivity index (χ0) is 18.6. The number of carbonyl (C=O) groups is 2. The highest BCUT2D eigenvalue weighted by molar-refractivity contribution is 7.90. The molecule has 0 unspecified atom stereocenters. The van der Waals surface area contributed by atoms with E-state index in [0.29, 0.717) is 4.90 Å². The Labute approximate surface area is 132 Å². The highest BCUT2D eigenvalue weighted by atomic mass is 32.2. The van der Waals surface area contributed by atoms with Crippen molar-refractivity contribution < 1.29 is 36.3 Å². The fraction of sp³-hybridized carbons (Fsp3) is 0.833. The van der Waals surface area contributed by atoms with Crippen molar-refractivity contribution in [1.29, 1.82) is 0 Å². The van der Waals surface area contributed by atoms with Crippen LogP contribution in [-0.4, -0.2) is 66.7 Å². The van der Waals surface area contributed by atoms with E-state index in [1.165, 1.54) is 20.8 Å². The van der Waals surface area contributed by atoms with Gasteiger partial charge in [0.1, 0.15) is 22.4 Å². The van der Waals surface area contributed by atoms with Crippen LogP contribution in [0.3, 0.4) is 0 Å². The summed E-state index contributed by atoms with van der Waals surface area (Å²) in [5.74, 6) is -1.72. The second-order valence-corrected chi connectivity index (χ2v) is 8.35. The number of hydrogen-bond acceptors (Lipinski definition) is 4. The van der Waals surface area contributed by atoms with E-state index in [1.807, 2.05) is 0 Å². The minimum Gasteiger partial charge on any atom is -0.465 e. The molecule has 1 atom stereocenters. The molecule has 0 aliphatic heterocycles. The third kappa shape index (κ3) is 8.62. The number of carbonyl (C=O) groups excluding carboxylic acids is 1. The van der Waals surface area contributed by atoms with Gasteiger partial charge in [-0.3, -0.25) is 9.69 Å². The van der Waals surface area contributed by atoms with Crippen molar-refractivity contribution in [2.24, 2.45) is 0 Å². The molecule has 0 aliphatic carbocycles. The molecule has 23 heavy (non-hydrogen) atoms. The Balaban J connectivity index is 5.44. The van der Waals surface area contributed by atoms with E-state index in [1.54, 1.807) is 5.32 Å². The lowest BCUT2D eigenvalue weighted by Gasteiger charge is -2.38. The van der Waals surface area contributed by atoms with Crippen molar-refractivity contribution in [2.45, 2.75) is 44.9 Å². The molecule has 0 radical (unpaired) electrons. The molecule has 0 fully saturated rings. The largest absolute Gasteiger partial charge is 0.465 e. The minimum atomic E-state index is -4.66. The predicted molar refractivity (Wildman–Crippen MR) is 76.8 cm³/mol. The van der Waals surface area contributed by atoms with Gasteiger partial charge in [-0.15, -0.1) is 0 Å². The van der Waals surface area contributed by atoms with E-state index < -0.39 is 58.3 Å². The lowest BCUT2D eigenvalue weighted by molar-refractivity contribution is -0.142. The third-order valence-corrected chi connectivity index (χ3v) is 3.75. The predicted octanol–water partition coefficient (Wildman–Crippen LogP) is 1.25. The molecule has 0 saturated heterocycles. The van der Waals surface area contributed by atoms with Crippen molar-refractivity contribution >= 4 is 21.8 Å². The van der Waals surface area contributed by atoms with Crippen LogP contribution in [0.15, 0.2) is 0 Å². The maximum atomic E-state index is 12.2.